The molecule has 1 aliphatic heterocycles. The molecule has 2 aromatic carbocycles. The van der Waals surface area contributed by atoms with Gasteiger partial charge in [0.25, 0.3) is 0 Å². The molecule has 0 spiro atoms. The molecule has 0 N–H and O–H groups in total. The van der Waals surface area contributed by atoms with E-state index in [9.17, 15) is 0 Å². The van der Waals surface area contributed by atoms with E-state index < -0.39 is 0 Å². The van der Waals surface area contributed by atoms with E-state index in [1.54, 1.807) is 0 Å². The molecule has 142 valence electrons. The lowest BCUT2D eigenvalue weighted by Gasteiger charge is -2.34. The van der Waals surface area contributed by atoms with Crippen molar-refractivity contribution < 1.29 is 9.47 Å². The summed E-state index contributed by atoms with van der Waals surface area (Å²) in [6, 6.07) is 17.9. The van der Waals surface area contributed by atoms with Gasteiger partial charge in [0.05, 0.1) is 18.2 Å². The molecule has 0 aromatic heterocycles. The highest BCUT2D eigenvalue weighted by molar-refractivity contribution is 5.32. The highest BCUT2D eigenvalue weighted by Gasteiger charge is 2.16. The van der Waals surface area contributed by atoms with Gasteiger partial charge in [-0.05, 0) is 48.9 Å². The highest BCUT2D eigenvalue weighted by atomic mass is 16.5. The normalized spacial score (nSPS) is 15.3. The van der Waals surface area contributed by atoms with Gasteiger partial charge in [-0.3, -0.25) is 9.80 Å². The fourth-order valence-corrected chi connectivity index (χ4v) is 3.21. The number of hydrogen-bond acceptors (Lipinski definition) is 5. The van der Waals surface area contributed by atoms with E-state index in [2.05, 4.69) is 28.0 Å². The maximum Gasteiger partial charge on any atom is 0.119 e. The molecule has 1 heterocycles. The van der Waals surface area contributed by atoms with Crippen LogP contribution in [0.1, 0.15) is 18.1 Å². The van der Waals surface area contributed by atoms with Gasteiger partial charge in [0, 0.05) is 39.3 Å². The van der Waals surface area contributed by atoms with E-state index in [0.717, 1.165) is 56.3 Å². The van der Waals surface area contributed by atoms with E-state index >= 15 is 0 Å². The zero-order chi connectivity index (χ0) is 18.9. The Morgan fingerprint density at radius 1 is 0.852 bits per heavy atom. The van der Waals surface area contributed by atoms with E-state index in [0.29, 0.717) is 13.2 Å². The smallest absolute Gasteiger partial charge is 0.119 e. The van der Waals surface area contributed by atoms with Crippen molar-refractivity contribution in [3.8, 4) is 17.6 Å². The zero-order valence-corrected chi connectivity index (χ0v) is 15.9. The van der Waals surface area contributed by atoms with E-state index in [4.69, 9.17) is 14.7 Å². The third-order valence-electron chi connectivity index (χ3n) is 4.77. The van der Waals surface area contributed by atoms with Gasteiger partial charge >= 0.3 is 0 Å². The number of hydrogen-bond donors (Lipinski definition) is 0. The van der Waals surface area contributed by atoms with Crippen molar-refractivity contribution in [3.63, 3.8) is 0 Å². The van der Waals surface area contributed by atoms with Crippen LogP contribution in [0.4, 0.5) is 0 Å². The van der Waals surface area contributed by atoms with Gasteiger partial charge in [-0.1, -0.05) is 12.1 Å². The molecule has 0 radical (unpaired) electrons. The molecule has 1 aliphatic rings. The molecule has 0 saturated carbocycles. The van der Waals surface area contributed by atoms with Crippen molar-refractivity contribution >= 4 is 0 Å². The zero-order valence-electron chi connectivity index (χ0n) is 15.9. The Morgan fingerprint density at radius 2 is 1.44 bits per heavy atom. The summed E-state index contributed by atoms with van der Waals surface area (Å²) in [5.74, 6) is 1.76. The van der Waals surface area contributed by atoms with Crippen molar-refractivity contribution in [2.24, 2.45) is 0 Å². The summed E-state index contributed by atoms with van der Waals surface area (Å²) < 4.78 is 11.3. The summed E-state index contributed by atoms with van der Waals surface area (Å²) in [6.45, 7) is 9.48. The summed E-state index contributed by atoms with van der Waals surface area (Å²) in [6.07, 6.45) is 0. The Hall–Kier alpha value is -2.55. The summed E-state index contributed by atoms with van der Waals surface area (Å²) in [7, 11) is 0. The predicted octanol–water partition coefficient (Wildman–Crippen LogP) is 3.15. The van der Waals surface area contributed by atoms with E-state index in [1.165, 1.54) is 5.56 Å². The second-order valence-electron chi connectivity index (χ2n) is 6.68. The quantitative estimate of drug-likeness (QED) is 0.719. The molecule has 1 saturated heterocycles. The third-order valence-corrected chi connectivity index (χ3v) is 4.77. The van der Waals surface area contributed by atoms with Crippen LogP contribution in [0.25, 0.3) is 0 Å². The van der Waals surface area contributed by atoms with Crippen LogP contribution in [-0.2, 0) is 6.54 Å². The van der Waals surface area contributed by atoms with Crippen LogP contribution >= 0.6 is 0 Å². The average Bonchev–Trinajstić information content (AvgIpc) is 2.71. The number of piperazine rings is 1. The standard InChI is InChI=1S/C22H27N3O2/c1-2-26-21-7-9-22(10-8-21)27-16-15-24-11-13-25(14-12-24)18-20-5-3-19(17-23)4-6-20/h3-10H,2,11-16,18H2,1H3. The second kappa shape index (κ2) is 9.96. The molecule has 5 nitrogen and oxygen atoms in total. The lowest BCUT2D eigenvalue weighted by atomic mass is 10.1. The summed E-state index contributed by atoms with van der Waals surface area (Å²) in [5, 5.41) is 8.87. The molecule has 0 atom stereocenters. The summed E-state index contributed by atoms with van der Waals surface area (Å²) >= 11 is 0. The van der Waals surface area contributed by atoms with Crippen LogP contribution in [0, 0.1) is 11.3 Å². The maximum atomic E-state index is 8.87. The highest BCUT2D eigenvalue weighted by Crippen LogP contribution is 2.17. The summed E-state index contributed by atoms with van der Waals surface area (Å²) in [4.78, 5) is 4.91. The average molecular weight is 365 g/mol. The fraction of sp³-hybridized carbons (Fsp3) is 0.409. The largest absolute Gasteiger partial charge is 0.494 e. The minimum Gasteiger partial charge on any atom is -0.494 e. The topological polar surface area (TPSA) is 48.7 Å². The fourth-order valence-electron chi connectivity index (χ4n) is 3.21. The van der Waals surface area contributed by atoms with Gasteiger partial charge in [0.15, 0.2) is 0 Å². The van der Waals surface area contributed by atoms with Crippen LogP contribution in [0.3, 0.4) is 0 Å². The number of nitrogens with zero attached hydrogens (tertiary/aromatic N) is 3. The minimum atomic E-state index is 0.678. The lowest BCUT2D eigenvalue weighted by molar-refractivity contribution is 0.112. The van der Waals surface area contributed by atoms with Gasteiger partial charge in [0.1, 0.15) is 18.1 Å². The molecule has 2 aromatic rings. The Morgan fingerprint density at radius 3 is 2.04 bits per heavy atom. The molecule has 1 fully saturated rings. The van der Waals surface area contributed by atoms with Gasteiger partial charge in [-0.2, -0.15) is 5.26 Å². The Bertz CT molecular complexity index is 730. The number of rotatable bonds is 8. The van der Waals surface area contributed by atoms with Crippen LogP contribution in [0.15, 0.2) is 48.5 Å². The lowest BCUT2D eigenvalue weighted by Crippen LogP contribution is -2.47. The monoisotopic (exact) mass is 365 g/mol. The Balaban J connectivity index is 1.35. The minimum absolute atomic E-state index is 0.678. The van der Waals surface area contributed by atoms with Gasteiger partial charge < -0.3 is 9.47 Å². The van der Waals surface area contributed by atoms with Crippen LogP contribution in [-0.4, -0.2) is 55.7 Å². The second-order valence-corrected chi connectivity index (χ2v) is 6.68. The molecule has 0 unspecified atom stereocenters. The number of nitriles is 1. The number of benzene rings is 2. The molecular formula is C22H27N3O2. The molecule has 0 bridgehead atoms. The van der Waals surface area contributed by atoms with E-state index in [-0.39, 0.29) is 0 Å². The molecule has 3 rings (SSSR count). The maximum absolute atomic E-state index is 8.87. The molecule has 0 aliphatic carbocycles. The van der Waals surface area contributed by atoms with Gasteiger partial charge in [-0.25, -0.2) is 0 Å². The van der Waals surface area contributed by atoms with Crippen molar-refractivity contribution in [2.45, 2.75) is 13.5 Å². The van der Waals surface area contributed by atoms with Gasteiger partial charge in [0.2, 0.25) is 0 Å². The predicted molar refractivity (Wildman–Crippen MR) is 106 cm³/mol. The van der Waals surface area contributed by atoms with Crippen molar-refractivity contribution in [3.05, 3.63) is 59.7 Å². The summed E-state index contributed by atoms with van der Waals surface area (Å²) in [5.41, 5.74) is 1.98. The first kappa shape index (κ1) is 19.2. The molecule has 5 heteroatoms. The van der Waals surface area contributed by atoms with Gasteiger partial charge in [-0.15, -0.1) is 0 Å². The molecular weight excluding hydrogens is 338 g/mol. The SMILES string of the molecule is CCOc1ccc(OCCN2CCN(Cc3ccc(C#N)cc3)CC2)cc1. The van der Waals surface area contributed by atoms with E-state index in [1.807, 2.05) is 43.3 Å². The Labute approximate surface area is 161 Å². The van der Waals surface area contributed by atoms with Crippen molar-refractivity contribution in [2.75, 3.05) is 45.9 Å². The third kappa shape index (κ3) is 5.99. The molecule has 0 amide bonds. The van der Waals surface area contributed by atoms with Crippen LogP contribution in [0.5, 0.6) is 11.5 Å². The Kier molecular flexibility index (Phi) is 7.09. The van der Waals surface area contributed by atoms with Crippen LogP contribution in [0.2, 0.25) is 0 Å². The number of ether oxygens (including phenoxy) is 2. The molecule has 27 heavy (non-hydrogen) atoms. The first-order valence-electron chi connectivity index (χ1n) is 9.56. The van der Waals surface area contributed by atoms with Crippen molar-refractivity contribution in [1.29, 1.82) is 5.26 Å². The first-order valence-corrected chi connectivity index (χ1v) is 9.56. The van der Waals surface area contributed by atoms with Crippen molar-refractivity contribution in [1.82, 2.24) is 9.80 Å². The van der Waals surface area contributed by atoms with Crippen LogP contribution < -0.4 is 9.47 Å². The first-order chi connectivity index (χ1) is 13.3.